The zero-order valence-electron chi connectivity index (χ0n) is 13.9. The molecule has 0 unspecified atom stereocenters. The second-order valence-electron chi connectivity index (χ2n) is 5.24. The third kappa shape index (κ3) is 4.16. The lowest BCUT2D eigenvalue weighted by atomic mass is 10.0. The first-order valence-electron chi connectivity index (χ1n) is 7.41. The molecule has 2 aromatic carbocycles. The number of benzene rings is 2. The lowest BCUT2D eigenvalue weighted by Gasteiger charge is -2.08. The van der Waals surface area contributed by atoms with E-state index in [9.17, 15) is 35.1 Å². The molecule has 0 atom stereocenters. The van der Waals surface area contributed by atoms with E-state index in [4.69, 9.17) is 4.42 Å². The van der Waals surface area contributed by atoms with Crippen LogP contribution in [0, 0.1) is 30.3 Å². The van der Waals surface area contributed by atoms with Gasteiger partial charge in [0.15, 0.2) is 0 Å². The van der Waals surface area contributed by atoms with Crippen molar-refractivity contribution in [2.45, 2.75) is 0 Å². The summed E-state index contributed by atoms with van der Waals surface area (Å²) in [5.41, 5.74) is -0.808. The van der Waals surface area contributed by atoms with Gasteiger partial charge in [0.1, 0.15) is 29.1 Å². The molecule has 0 spiro atoms. The molecule has 3 rings (SSSR count). The molecule has 0 radical (unpaired) electrons. The summed E-state index contributed by atoms with van der Waals surface area (Å²) in [6.07, 6.45) is 1.01. The van der Waals surface area contributed by atoms with Crippen molar-refractivity contribution in [1.82, 2.24) is 0 Å². The first-order valence-corrected chi connectivity index (χ1v) is 7.41. The third-order valence-electron chi connectivity index (χ3n) is 3.51. The minimum atomic E-state index is -1.21. The van der Waals surface area contributed by atoms with Crippen LogP contribution in [0.3, 0.4) is 0 Å². The van der Waals surface area contributed by atoms with Gasteiger partial charge in [-0.25, -0.2) is 0 Å². The Morgan fingerprint density at radius 2 is 1.38 bits per heavy atom. The quantitative estimate of drug-likeness (QED) is 0.414. The van der Waals surface area contributed by atoms with Gasteiger partial charge in [-0.05, 0) is 23.8 Å². The summed E-state index contributed by atoms with van der Waals surface area (Å²) in [6, 6.07) is 6.89. The maximum absolute atomic E-state index is 12.9. The molecule has 148 valence electrons. The monoisotopic (exact) mass is 405 g/mol. The molecule has 0 fully saturated rings. The molecule has 0 saturated heterocycles. The number of nitrogens with zero attached hydrogens (tertiary/aromatic N) is 3. The predicted molar refractivity (Wildman–Crippen MR) is 90.8 cm³/mol. The van der Waals surface area contributed by atoms with Crippen molar-refractivity contribution in [2.75, 3.05) is 0 Å². The molecule has 3 aromatic rings. The van der Waals surface area contributed by atoms with Gasteiger partial charge in [-0.15, -0.1) is 30.3 Å². The van der Waals surface area contributed by atoms with E-state index in [2.05, 4.69) is 14.5 Å². The number of hydrogen-bond donors (Lipinski definition) is 0. The molecular formula is C15H7N3O11. The molecule has 0 amide bonds. The first kappa shape index (κ1) is 19.0. The highest BCUT2D eigenvalue weighted by atomic mass is 17.0. The van der Waals surface area contributed by atoms with E-state index in [1.54, 1.807) is 0 Å². The Hall–Kier alpha value is -4.75. The molecule has 0 N–H and O–H groups in total. The Bertz CT molecular complexity index is 1190. The largest absolute Gasteiger partial charge is 0.463 e. The standard InChI is InChI=1S/C15H7N3O11/c19-15-11(8-1-3-9(4-2-8)27-16(20)21)7-26-12-5-10(28-17(22)23)6-13(14(12)15)29-18(24)25/h1-7H. The van der Waals surface area contributed by atoms with Crippen molar-refractivity contribution >= 4 is 11.0 Å². The Balaban J connectivity index is 2.14. The first-order chi connectivity index (χ1) is 13.7. The van der Waals surface area contributed by atoms with Gasteiger partial charge in [-0.2, -0.15) is 0 Å². The van der Waals surface area contributed by atoms with Crippen LogP contribution >= 0.6 is 0 Å². The van der Waals surface area contributed by atoms with Crippen LogP contribution in [0.5, 0.6) is 17.2 Å². The van der Waals surface area contributed by atoms with Gasteiger partial charge in [-0.1, -0.05) is 12.1 Å². The lowest BCUT2D eigenvalue weighted by molar-refractivity contribution is -0.713. The van der Waals surface area contributed by atoms with Crippen LogP contribution in [0.4, 0.5) is 0 Å². The zero-order valence-corrected chi connectivity index (χ0v) is 13.9. The summed E-state index contributed by atoms with van der Waals surface area (Å²) >= 11 is 0. The van der Waals surface area contributed by atoms with Crippen molar-refractivity contribution in [3.63, 3.8) is 0 Å². The van der Waals surface area contributed by atoms with Gasteiger partial charge in [0.2, 0.25) is 5.43 Å². The molecule has 0 aliphatic heterocycles. The summed E-state index contributed by atoms with van der Waals surface area (Å²) in [7, 11) is 0. The van der Waals surface area contributed by atoms with E-state index in [0.29, 0.717) is 0 Å². The normalized spacial score (nSPS) is 10.3. The number of hydrogen-bond acceptors (Lipinski definition) is 11. The topological polar surface area (TPSA) is 187 Å². The maximum Gasteiger partial charge on any atom is 0.299 e. The van der Waals surface area contributed by atoms with E-state index in [1.807, 2.05) is 0 Å². The van der Waals surface area contributed by atoms with Crippen LogP contribution in [0.25, 0.3) is 22.1 Å². The second-order valence-corrected chi connectivity index (χ2v) is 5.24. The fourth-order valence-corrected chi connectivity index (χ4v) is 2.46. The van der Waals surface area contributed by atoms with Gasteiger partial charge >= 0.3 is 0 Å². The SMILES string of the molecule is O=c1c(-c2ccc(O[N+](=O)[O-])cc2)coc2cc(O[N+](=O)[O-])cc(O[N+](=O)[O-])c12. The third-order valence-corrected chi connectivity index (χ3v) is 3.51. The average Bonchev–Trinajstić information content (AvgIpc) is 2.61. The van der Waals surface area contributed by atoms with Crippen molar-refractivity contribution in [1.29, 1.82) is 0 Å². The molecule has 0 aliphatic rings. The lowest BCUT2D eigenvalue weighted by Crippen LogP contribution is -2.11. The fourth-order valence-electron chi connectivity index (χ4n) is 2.46. The summed E-state index contributed by atoms with van der Waals surface area (Å²) in [4.78, 5) is 57.3. The van der Waals surface area contributed by atoms with E-state index >= 15 is 0 Å². The van der Waals surface area contributed by atoms with Crippen LogP contribution in [0.1, 0.15) is 0 Å². The van der Waals surface area contributed by atoms with Crippen LogP contribution in [-0.4, -0.2) is 15.3 Å². The van der Waals surface area contributed by atoms with Crippen LogP contribution < -0.4 is 19.9 Å². The second kappa shape index (κ2) is 7.47. The Labute approximate surface area is 157 Å². The van der Waals surface area contributed by atoms with Crippen molar-refractivity contribution < 1.29 is 34.2 Å². The molecule has 14 heteroatoms. The number of rotatable bonds is 7. The minimum Gasteiger partial charge on any atom is -0.463 e. The minimum absolute atomic E-state index is 0.0544. The molecule has 0 aliphatic carbocycles. The van der Waals surface area contributed by atoms with Crippen molar-refractivity contribution in [3.8, 4) is 28.4 Å². The number of fused-ring (bicyclic) bond motifs is 1. The van der Waals surface area contributed by atoms with Gasteiger partial charge in [0.05, 0.1) is 10.9 Å². The van der Waals surface area contributed by atoms with Crippen LogP contribution in [0.15, 0.2) is 51.9 Å². The smallest absolute Gasteiger partial charge is 0.299 e. The highest BCUT2D eigenvalue weighted by Crippen LogP contribution is 2.31. The average molecular weight is 405 g/mol. The Morgan fingerprint density at radius 3 is 1.97 bits per heavy atom. The molecule has 1 aromatic heterocycles. The summed E-state index contributed by atoms with van der Waals surface area (Å²) in [5.74, 6) is -1.19. The maximum atomic E-state index is 12.9. The molecule has 0 bridgehead atoms. The Kier molecular flexibility index (Phi) is 4.90. The highest BCUT2D eigenvalue weighted by Gasteiger charge is 2.18. The summed E-state index contributed by atoms with van der Waals surface area (Å²) < 4.78 is 5.27. The van der Waals surface area contributed by atoms with E-state index in [0.717, 1.165) is 18.4 Å². The van der Waals surface area contributed by atoms with Gasteiger partial charge in [0.25, 0.3) is 15.3 Å². The molecule has 29 heavy (non-hydrogen) atoms. The van der Waals surface area contributed by atoms with E-state index in [1.165, 1.54) is 24.3 Å². The van der Waals surface area contributed by atoms with Gasteiger partial charge in [0, 0.05) is 6.07 Å². The van der Waals surface area contributed by atoms with E-state index in [-0.39, 0.29) is 27.8 Å². The molecule has 1 heterocycles. The molecular weight excluding hydrogens is 398 g/mol. The van der Waals surface area contributed by atoms with Crippen LogP contribution in [-0.2, 0) is 0 Å². The van der Waals surface area contributed by atoms with E-state index < -0.39 is 32.2 Å². The summed E-state index contributed by atoms with van der Waals surface area (Å²) in [6.45, 7) is 0. The van der Waals surface area contributed by atoms with Gasteiger partial charge in [-0.3, -0.25) is 19.3 Å². The van der Waals surface area contributed by atoms with Crippen molar-refractivity contribution in [2.24, 2.45) is 0 Å². The highest BCUT2D eigenvalue weighted by molar-refractivity contribution is 5.88. The fraction of sp³-hybridized carbons (Fsp3) is 0. The predicted octanol–water partition coefficient (Wildman–Crippen LogP) is 2.17. The zero-order chi connectivity index (χ0) is 21.1. The molecule has 0 saturated carbocycles. The Morgan fingerprint density at radius 1 is 0.793 bits per heavy atom. The van der Waals surface area contributed by atoms with Crippen LogP contribution in [0.2, 0.25) is 0 Å². The van der Waals surface area contributed by atoms with Gasteiger partial charge < -0.3 is 4.42 Å². The summed E-state index contributed by atoms with van der Waals surface area (Å²) in [5, 5.41) is 27.9. The van der Waals surface area contributed by atoms with Crippen molar-refractivity contribution in [3.05, 3.63) is 83.2 Å². The molecule has 14 nitrogen and oxygen atoms in total.